The summed E-state index contributed by atoms with van der Waals surface area (Å²) >= 11 is 0. The topological polar surface area (TPSA) is 94.3 Å². The van der Waals surface area contributed by atoms with Crippen LogP contribution in [0.4, 0.5) is 0 Å². The van der Waals surface area contributed by atoms with Crippen molar-refractivity contribution in [3.8, 4) is 0 Å². The van der Waals surface area contributed by atoms with Crippen LogP contribution < -0.4 is 5.32 Å². The van der Waals surface area contributed by atoms with E-state index in [4.69, 9.17) is 4.74 Å². The molecule has 160 valence electrons. The molecule has 1 saturated heterocycles. The number of aryl methyl sites for hydroxylation is 2. The molecule has 4 heterocycles. The summed E-state index contributed by atoms with van der Waals surface area (Å²) in [6.45, 7) is 2.39. The quantitative estimate of drug-likeness (QED) is 0.810. The van der Waals surface area contributed by atoms with Gasteiger partial charge < -0.3 is 19.5 Å². The molecule has 1 N–H and O–H groups in total. The molecule has 1 aliphatic carbocycles. The molecule has 2 amide bonds. The molecule has 5 rings (SSSR count). The number of carbonyl (C=O) groups is 2. The lowest BCUT2D eigenvalue weighted by molar-refractivity contribution is -0.0991. The number of imidazole rings is 1. The first-order valence-electron chi connectivity index (χ1n) is 10.7. The van der Waals surface area contributed by atoms with Crippen molar-refractivity contribution in [1.29, 1.82) is 0 Å². The van der Waals surface area contributed by atoms with Gasteiger partial charge in [0.15, 0.2) is 11.5 Å². The van der Waals surface area contributed by atoms with E-state index in [1.165, 1.54) is 12.8 Å². The minimum Gasteiger partial charge on any atom is -0.370 e. The van der Waals surface area contributed by atoms with Gasteiger partial charge in [-0.05, 0) is 31.6 Å². The van der Waals surface area contributed by atoms with E-state index < -0.39 is 0 Å². The van der Waals surface area contributed by atoms with Gasteiger partial charge in [0, 0.05) is 63.8 Å². The van der Waals surface area contributed by atoms with Crippen molar-refractivity contribution in [3.63, 3.8) is 0 Å². The number of nitrogens with one attached hydrogen (secondary N) is 1. The highest BCUT2D eigenvalue weighted by Crippen LogP contribution is 2.37. The Labute approximate surface area is 175 Å². The summed E-state index contributed by atoms with van der Waals surface area (Å²) < 4.78 is 9.91. The maximum Gasteiger partial charge on any atom is 0.289 e. The third-order valence-corrected chi connectivity index (χ3v) is 6.72. The maximum absolute atomic E-state index is 12.7. The summed E-state index contributed by atoms with van der Waals surface area (Å²) in [4.78, 5) is 31.4. The Hall–Kier alpha value is -2.68. The number of rotatable bonds is 4. The zero-order valence-corrected chi connectivity index (χ0v) is 17.6. The normalized spacial score (nSPS) is 20.3. The van der Waals surface area contributed by atoms with Gasteiger partial charge in [-0.1, -0.05) is 0 Å². The first kappa shape index (κ1) is 19.3. The number of aromatic nitrogens is 4. The Morgan fingerprint density at radius 1 is 1.27 bits per heavy atom. The van der Waals surface area contributed by atoms with Gasteiger partial charge in [0.25, 0.3) is 11.8 Å². The molecule has 1 saturated carbocycles. The van der Waals surface area contributed by atoms with E-state index in [0.29, 0.717) is 43.6 Å². The molecule has 0 atom stereocenters. The Kier molecular flexibility index (Phi) is 4.65. The number of carbonyl (C=O) groups excluding carboxylic acids is 2. The lowest BCUT2D eigenvalue weighted by Gasteiger charge is -2.43. The maximum atomic E-state index is 12.7. The van der Waals surface area contributed by atoms with Gasteiger partial charge in [-0.3, -0.25) is 14.3 Å². The van der Waals surface area contributed by atoms with Crippen molar-refractivity contribution in [2.24, 2.45) is 20.0 Å². The number of ether oxygens (including phenoxy) is 1. The van der Waals surface area contributed by atoms with Crippen LogP contribution in [0, 0.1) is 5.92 Å². The third-order valence-electron chi connectivity index (χ3n) is 6.72. The highest BCUT2D eigenvalue weighted by Gasteiger charge is 2.43. The third kappa shape index (κ3) is 3.40. The van der Waals surface area contributed by atoms with Crippen molar-refractivity contribution in [2.45, 2.75) is 44.3 Å². The summed E-state index contributed by atoms with van der Waals surface area (Å²) in [5.74, 6) is 0.954. The van der Waals surface area contributed by atoms with Crippen LogP contribution in [-0.2, 0) is 31.9 Å². The van der Waals surface area contributed by atoms with Crippen molar-refractivity contribution in [1.82, 2.24) is 29.5 Å². The van der Waals surface area contributed by atoms with E-state index in [9.17, 15) is 9.59 Å². The SMILES string of the molecule is Cn1ccnc1C(=O)N1CCC2(CC1)Cc1c(c(C(=O)NCC3CC3)nn1C)CO2. The van der Waals surface area contributed by atoms with Gasteiger partial charge in [-0.15, -0.1) is 0 Å². The molecule has 0 bridgehead atoms. The number of amides is 2. The fourth-order valence-corrected chi connectivity index (χ4v) is 4.53. The molecule has 3 aliphatic rings. The number of fused-ring (bicyclic) bond motifs is 1. The van der Waals surface area contributed by atoms with E-state index in [2.05, 4.69) is 15.4 Å². The van der Waals surface area contributed by atoms with Crippen molar-refractivity contribution >= 4 is 11.8 Å². The number of piperidine rings is 1. The number of nitrogens with zero attached hydrogens (tertiary/aromatic N) is 5. The van der Waals surface area contributed by atoms with Gasteiger partial charge in [0.05, 0.1) is 12.2 Å². The van der Waals surface area contributed by atoms with Gasteiger partial charge in [-0.25, -0.2) is 4.98 Å². The summed E-state index contributed by atoms with van der Waals surface area (Å²) in [6, 6.07) is 0. The predicted octanol–water partition coefficient (Wildman–Crippen LogP) is 1.04. The lowest BCUT2D eigenvalue weighted by Crippen LogP contribution is -2.51. The fourth-order valence-electron chi connectivity index (χ4n) is 4.53. The number of hydrogen-bond donors (Lipinski definition) is 1. The zero-order chi connectivity index (χ0) is 20.9. The van der Waals surface area contributed by atoms with Crippen molar-refractivity contribution < 1.29 is 14.3 Å². The second-order valence-electron chi connectivity index (χ2n) is 8.85. The van der Waals surface area contributed by atoms with Crippen LogP contribution in [0.5, 0.6) is 0 Å². The van der Waals surface area contributed by atoms with Crippen molar-refractivity contribution in [3.05, 3.63) is 35.2 Å². The molecule has 1 spiro atoms. The molecule has 9 heteroatoms. The van der Waals surface area contributed by atoms with Gasteiger partial charge in [-0.2, -0.15) is 5.10 Å². The second-order valence-corrected chi connectivity index (χ2v) is 8.85. The summed E-state index contributed by atoms with van der Waals surface area (Å²) in [7, 11) is 3.73. The highest BCUT2D eigenvalue weighted by atomic mass is 16.5. The van der Waals surface area contributed by atoms with Crippen LogP contribution in [-0.4, -0.2) is 61.3 Å². The van der Waals surface area contributed by atoms with Gasteiger partial charge in [0.1, 0.15) is 0 Å². The van der Waals surface area contributed by atoms with Crippen LogP contribution in [0.3, 0.4) is 0 Å². The summed E-state index contributed by atoms with van der Waals surface area (Å²) in [5.41, 5.74) is 2.16. The molecule has 2 aromatic rings. The molecular formula is C21H28N6O3. The minimum atomic E-state index is -0.305. The van der Waals surface area contributed by atoms with Gasteiger partial charge in [0.2, 0.25) is 0 Å². The largest absolute Gasteiger partial charge is 0.370 e. The van der Waals surface area contributed by atoms with E-state index in [0.717, 1.165) is 30.6 Å². The second kappa shape index (κ2) is 7.23. The highest BCUT2D eigenvalue weighted by molar-refractivity contribution is 5.94. The molecule has 0 radical (unpaired) electrons. The van der Waals surface area contributed by atoms with E-state index >= 15 is 0 Å². The van der Waals surface area contributed by atoms with Crippen LogP contribution in [0.15, 0.2) is 12.4 Å². The van der Waals surface area contributed by atoms with Crippen LogP contribution in [0.25, 0.3) is 0 Å². The molecule has 0 aromatic carbocycles. The molecular weight excluding hydrogens is 384 g/mol. The molecule has 2 aliphatic heterocycles. The van der Waals surface area contributed by atoms with E-state index in [1.807, 2.05) is 23.7 Å². The van der Waals surface area contributed by atoms with Crippen LogP contribution in [0.1, 0.15) is 58.0 Å². The first-order chi connectivity index (χ1) is 14.5. The zero-order valence-electron chi connectivity index (χ0n) is 17.6. The van der Waals surface area contributed by atoms with E-state index in [-0.39, 0.29) is 17.4 Å². The predicted molar refractivity (Wildman–Crippen MR) is 108 cm³/mol. The number of likely N-dealkylation sites (tertiary alicyclic amines) is 1. The van der Waals surface area contributed by atoms with Crippen molar-refractivity contribution in [2.75, 3.05) is 19.6 Å². The molecule has 2 aromatic heterocycles. The van der Waals surface area contributed by atoms with E-state index in [1.54, 1.807) is 17.0 Å². The van der Waals surface area contributed by atoms with Crippen LogP contribution in [0.2, 0.25) is 0 Å². The van der Waals surface area contributed by atoms with Crippen LogP contribution >= 0.6 is 0 Å². The Balaban J connectivity index is 1.26. The Morgan fingerprint density at radius 3 is 2.70 bits per heavy atom. The monoisotopic (exact) mass is 412 g/mol. The average Bonchev–Trinajstić information content (AvgIpc) is 3.40. The molecule has 0 unspecified atom stereocenters. The van der Waals surface area contributed by atoms with Gasteiger partial charge >= 0.3 is 0 Å². The Bertz CT molecular complexity index is 981. The standard InChI is InChI=1S/C21H28N6O3/c1-25-10-7-22-18(25)20(29)27-8-5-21(6-9-27)11-16-15(13-30-21)17(24-26(16)2)19(28)23-12-14-3-4-14/h7,10,14H,3-6,8-9,11-13H2,1-2H3,(H,23,28). The number of hydrogen-bond acceptors (Lipinski definition) is 5. The summed E-state index contributed by atoms with van der Waals surface area (Å²) in [6.07, 6.45) is 8.06. The smallest absolute Gasteiger partial charge is 0.289 e. The molecule has 9 nitrogen and oxygen atoms in total. The average molecular weight is 412 g/mol. The lowest BCUT2D eigenvalue weighted by atomic mass is 9.83. The first-order valence-corrected chi connectivity index (χ1v) is 10.7. The molecule has 30 heavy (non-hydrogen) atoms. The molecule has 2 fully saturated rings. The summed E-state index contributed by atoms with van der Waals surface area (Å²) in [5, 5.41) is 7.51. The minimum absolute atomic E-state index is 0.0380. The fraction of sp³-hybridized carbons (Fsp3) is 0.619. The Morgan fingerprint density at radius 2 is 2.03 bits per heavy atom.